The Bertz CT molecular complexity index is 9090. The second kappa shape index (κ2) is 35.0. The van der Waals surface area contributed by atoms with Gasteiger partial charge in [-0.3, -0.25) is 0 Å². The molecule has 0 N–H and O–H groups in total. The van der Waals surface area contributed by atoms with Crippen molar-refractivity contribution in [3.8, 4) is 90.3 Å². The van der Waals surface area contributed by atoms with Crippen LogP contribution in [0, 0.1) is 49.7 Å². The Kier molecular flexibility index (Phi) is 21.2. The number of alkyl halides is 6. The third kappa shape index (κ3) is 14.9. The van der Waals surface area contributed by atoms with Gasteiger partial charge in [0.1, 0.15) is 0 Å². The number of anilines is 12. The minimum absolute atomic E-state index is 0.00198. The number of nitrogens with zero attached hydrogens (tertiary/aromatic N) is 10. The highest BCUT2D eigenvalue weighted by molar-refractivity contribution is 7.01. The maximum Gasteiger partial charge on any atom is 0.416 e. The molecule has 0 radical (unpaired) electrons. The number of hydrogen-bond donors (Lipinski definition) is 0. The van der Waals surface area contributed by atoms with Crippen molar-refractivity contribution in [2.75, 3.05) is 19.6 Å². The highest BCUT2D eigenvalue weighted by Gasteiger charge is 2.47. The molecule has 4 aliphatic rings. The summed E-state index contributed by atoms with van der Waals surface area (Å²) >= 11 is 0. The first-order valence-corrected chi connectivity index (χ1v) is 48.0. The van der Waals surface area contributed by atoms with Crippen LogP contribution in [0.25, 0.3) is 131 Å². The van der Waals surface area contributed by atoms with Crippen LogP contribution >= 0.6 is 0 Å². The standard InChI is InChI=1S/C64H42BF6N3.C64H36BN7/c1-39-29-43(33-46(31-39)63(66,67)68)41-25-27-56(51(35-41)45-30-40(2)32-47(34-45)64(69,70)71)74-55-22-12-9-19-50(55)52-36-42(26-28-57(52)74)44-37-60-62-61(38-44)73(49-17-7-4-8-18-49)59-24-14-11-21-54(59)65(62)53-20-10-13-23-58(53)72(60)48-15-5-3-6-16-48;1-68-48-31-41(39-66)29-45(33-48)43-25-27-58(53(35-43)47-30-42(40-67)32-49(34-47)69-2)72-57-22-12-9-19-52(57)54-36-44(26-28-59(54)72)46-37-62-64-63(38-46)71(51-17-7-4-8-18-51)61-24-14-11-21-56(61)65(64)55-20-10-13-23-60(55)70(62)50-15-5-3-6-16-50/h3-38H,1-2H3;3-38H. The molecule has 20 aromatic carbocycles. The van der Waals surface area contributed by atoms with Crippen LogP contribution in [0.5, 0.6) is 0 Å². The number of halogens is 6. The second-order valence-electron chi connectivity index (χ2n) is 37.4. The number of aromatic nitrogens is 2. The summed E-state index contributed by atoms with van der Waals surface area (Å²) < 4.78 is 90.6. The fraction of sp³-hybridized carbons (Fsp3) is 0.0312. The second-order valence-corrected chi connectivity index (χ2v) is 37.4. The summed E-state index contributed by atoms with van der Waals surface area (Å²) in [5.74, 6) is 0. The zero-order valence-corrected chi connectivity index (χ0v) is 78.5. The van der Waals surface area contributed by atoms with E-state index in [9.17, 15) is 36.9 Å². The molecule has 18 heteroatoms. The molecule has 146 heavy (non-hydrogen) atoms. The van der Waals surface area contributed by atoms with Crippen molar-refractivity contribution in [2.45, 2.75) is 26.2 Å². The molecular weight excluding hydrogens is 1810 g/mol. The third-order valence-electron chi connectivity index (χ3n) is 28.8. The fourth-order valence-corrected chi connectivity index (χ4v) is 22.7. The molecule has 0 saturated heterocycles. The Morgan fingerprint density at radius 1 is 0.247 bits per heavy atom. The Morgan fingerprint density at radius 2 is 0.534 bits per heavy atom. The van der Waals surface area contributed by atoms with E-state index < -0.39 is 23.5 Å². The number of benzene rings is 20. The first-order valence-electron chi connectivity index (χ1n) is 48.0. The maximum absolute atomic E-state index is 14.6. The van der Waals surface area contributed by atoms with Gasteiger partial charge in [-0.25, -0.2) is 9.69 Å². The van der Waals surface area contributed by atoms with Gasteiger partial charge in [0.15, 0.2) is 11.4 Å². The van der Waals surface area contributed by atoms with E-state index in [1.165, 1.54) is 32.8 Å². The van der Waals surface area contributed by atoms with Crippen LogP contribution in [0.15, 0.2) is 437 Å². The quantitative estimate of drug-likeness (QED) is 0.0689. The molecule has 2 aromatic heterocycles. The van der Waals surface area contributed by atoms with E-state index >= 15 is 0 Å². The van der Waals surface area contributed by atoms with Crippen molar-refractivity contribution in [2.24, 2.45) is 0 Å². The van der Waals surface area contributed by atoms with E-state index in [0.29, 0.717) is 61.6 Å². The molecule has 0 fully saturated rings. The molecule has 22 aromatic rings. The number of para-hydroxylation sites is 10. The smallest absolute Gasteiger partial charge is 0.311 e. The lowest BCUT2D eigenvalue weighted by atomic mass is 9.33. The van der Waals surface area contributed by atoms with Crippen LogP contribution < -0.4 is 52.4 Å². The molecule has 0 saturated carbocycles. The molecule has 0 atom stereocenters. The van der Waals surface area contributed by atoms with Crippen LogP contribution in [0.2, 0.25) is 0 Å². The first-order chi connectivity index (χ1) is 71.3. The molecular formula is C128H78B2F6N10. The lowest BCUT2D eigenvalue weighted by Gasteiger charge is -2.44. The van der Waals surface area contributed by atoms with Gasteiger partial charge in [-0.05, 0) is 332 Å². The van der Waals surface area contributed by atoms with Crippen molar-refractivity contribution >= 4 is 169 Å². The monoisotopic (exact) mass is 1890 g/mol. The predicted molar refractivity (Wildman–Crippen MR) is 584 cm³/mol. The summed E-state index contributed by atoms with van der Waals surface area (Å²) in [6.45, 7) is 18.9. The predicted octanol–water partition coefficient (Wildman–Crippen LogP) is 31.2. The van der Waals surface area contributed by atoms with Gasteiger partial charge >= 0.3 is 12.4 Å². The largest absolute Gasteiger partial charge is 0.416 e. The van der Waals surface area contributed by atoms with Gasteiger partial charge in [0, 0.05) is 112 Å². The van der Waals surface area contributed by atoms with Crippen LogP contribution in [0.4, 0.5) is 106 Å². The summed E-state index contributed by atoms with van der Waals surface area (Å²) in [5.41, 5.74) is 34.8. The molecule has 0 amide bonds. The lowest BCUT2D eigenvalue weighted by Crippen LogP contribution is -2.61. The number of aryl methyl sites for hydroxylation is 2. The van der Waals surface area contributed by atoms with E-state index in [-0.39, 0.29) is 19.0 Å². The fourth-order valence-electron chi connectivity index (χ4n) is 22.7. The van der Waals surface area contributed by atoms with E-state index in [1.807, 2.05) is 60.7 Å². The minimum Gasteiger partial charge on any atom is -0.311 e. The van der Waals surface area contributed by atoms with E-state index in [1.54, 1.807) is 62.4 Å². The van der Waals surface area contributed by atoms with Crippen LogP contribution in [-0.4, -0.2) is 22.6 Å². The first kappa shape index (κ1) is 88.3. The summed E-state index contributed by atoms with van der Waals surface area (Å²) in [4.78, 5) is 17.0. The van der Waals surface area contributed by atoms with E-state index in [4.69, 9.17) is 13.1 Å². The summed E-state index contributed by atoms with van der Waals surface area (Å²) in [6, 6.07) is 150. The van der Waals surface area contributed by atoms with Crippen molar-refractivity contribution in [1.29, 1.82) is 10.5 Å². The van der Waals surface area contributed by atoms with Gasteiger partial charge in [-0.1, -0.05) is 218 Å². The lowest BCUT2D eigenvalue weighted by molar-refractivity contribution is -0.138. The maximum atomic E-state index is 14.6. The van der Waals surface area contributed by atoms with Crippen molar-refractivity contribution in [1.82, 2.24) is 9.13 Å². The Labute approximate surface area is 839 Å². The molecule has 26 rings (SSSR count). The number of fused-ring (bicyclic) bond motifs is 14. The molecule has 6 heterocycles. The summed E-state index contributed by atoms with van der Waals surface area (Å²) in [7, 11) is 0. The van der Waals surface area contributed by atoms with E-state index in [2.05, 4.69) is 354 Å². The number of nitriles is 2. The molecule has 0 unspecified atom stereocenters. The molecule has 688 valence electrons. The van der Waals surface area contributed by atoms with Gasteiger partial charge in [0.25, 0.3) is 13.4 Å². The highest BCUT2D eigenvalue weighted by atomic mass is 19.4. The average molecular weight is 1890 g/mol. The van der Waals surface area contributed by atoms with Crippen molar-refractivity contribution < 1.29 is 26.3 Å². The summed E-state index contributed by atoms with van der Waals surface area (Å²) in [5, 5.41) is 24.0. The molecule has 10 nitrogen and oxygen atoms in total. The van der Waals surface area contributed by atoms with Crippen molar-refractivity contribution in [3.05, 3.63) is 493 Å². The SMILES string of the molecule is Cc1cc(-c2ccc(-n3c4ccccc4c4cc(-c5cc6c7c(c5)N(c5ccccc5)c5ccccc5B7c5ccccc5N6c5ccccc5)ccc43)c(-c3cc(C)cc(C(F)(F)F)c3)c2)cc(C(F)(F)F)c1.[C-]#[N+]c1cc(C#N)cc(-c2ccc(-n3c4ccccc4c4cc(-c5cc6c7c(c5)N(c5ccccc5)c5ccccc5B7c5ccccc5N6c5ccccc5)ccc43)c(-c3cc(C#N)cc([N+]#[C-])c3)c2)c1. The highest BCUT2D eigenvalue weighted by Crippen LogP contribution is 2.53. The van der Waals surface area contributed by atoms with Gasteiger partial charge in [-0.2, -0.15) is 36.9 Å². The average Bonchev–Trinajstić information content (AvgIpc) is 1.24. The minimum atomic E-state index is -4.64. The zero-order chi connectivity index (χ0) is 99.1. The van der Waals surface area contributed by atoms with Gasteiger partial charge in [0.05, 0.1) is 69.9 Å². The van der Waals surface area contributed by atoms with E-state index in [0.717, 1.165) is 181 Å². The molecule has 0 bridgehead atoms. The van der Waals surface area contributed by atoms with Gasteiger partial charge < -0.3 is 28.7 Å². The van der Waals surface area contributed by atoms with Crippen LogP contribution in [0.1, 0.15) is 33.4 Å². The molecule has 0 spiro atoms. The molecule has 0 aliphatic carbocycles. The Morgan fingerprint density at radius 3 is 0.897 bits per heavy atom. The third-order valence-corrected chi connectivity index (χ3v) is 28.8. The van der Waals surface area contributed by atoms with Crippen LogP contribution in [-0.2, 0) is 12.4 Å². The Hall–Kier alpha value is -19.1. The van der Waals surface area contributed by atoms with Crippen LogP contribution in [0.3, 0.4) is 0 Å². The van der Waals surface area contributed by atoms with Gasteiger partial charge in [0.2, 0.25) is 0 Å². The normalized spacial score (nSPS) is 12.5. The van der Waals surface area contributed by atoms with Crippen molar-refractivity contribution in [3.63, 3.8) is 0 Å². The van der Waals surface area contributed by atoms with Gasteiger partial charge in [-0.15, -0.1) is 0 Å². The topological polar surface area (TPSA) is 79.1 Å². The number of rotatable bonds is 12. The molecule has 4 aliphatic heterocycles. The summed E-state index contributed by atoms with van der Waals surface area (Å²) in [6.07, 6.45) is -9.24. The Balaban J connectivity index is 0.000000152. The zero-order valence-electron chi connectivity index (χ0n) is 78.5. The number of hydrogen-bond acceptors (Lipinski definition) is 6.